The lowest BCUT2D eigenvalue weighted by Crippen LogP contribution is -2.34. The van der Waals surface area contributed by atoms with Crippen LogP contribution in [-0.4, -0.2) is 24.0 Å². The van der Waals surface area contributed by atoms with Gasteiger partial charge in [0.05, 0.1) is 12.6 Å². The van der Waals surface area contributed by atoms with Crippen LogP contribution in [0.2, 0.25) is 0 Å². The van der Waals surface area contributed by atoms with Crippen molar-refractivity contribution in [3.8, 4) is 5.75 Å². The molecule has 2 aliphatic rings. The van der Waals surface area contributed by atoms with Crippen LogP contribution in [-0.2, 0) is 4.79 Å². The van der Waals surface area contributed by atoms with Crippen LogP contribution in [0.1, 0.15) is 57.1 Å². The predicted molar refractivity (Wildman–Crippen MR) is 83.3 cm³/mol. The largest absolute Gasteiger partial charge is 0.494 e. The van der Waals surface area contributed by atoms with Crippen molar-refractivity contribution in [3.63, 3.8) is 0 Å². The molecular weight excluding hydrogens is 262 g/mol. The number of carbonyl (C=O) groups is 1. The average molecular weight is 287 g/mol. The van der Waals surface area contributed by atoms with E-state index >= 15 is 0 Å². The Balaban J connectivity index is 1.72. The molecule has 0 radical (unpaired) electrons. The molecule has 1 aliphatic carbocycles. The second kappa shape index (κ2) is 6.50. The molecule has 2 fully saturated rings. The highest BCUT2D eigenvalue weighted by atomic mass is 16.5. The van der Waals surface area contributed by atoms with Crippen molar-refractivity contribution in [1.82, 2.24) is 4.90 Å². The van der Waals surface area contributed by atoms with Crippen molar-refractivity contribution in [2.75, 3.05) is 13.2 Å². The maximum Gasteiger partial charge on any atom is 0.226 e. The summed E-state index contributed by atoms with van der Waals surface area (Å²) in [5, 5.41) is 0. The van der Waals surface area contributed by atoms with Crippen LogP contribution in [0, 0.1) is 5.92 Å². The van der Waals surface area contributed by atoms with Crippen LogP contribution >= 0.6 is 0 Å². The summed E-state index contributed by atoms with van der Waals surface area (Å²) in [4.78, 5) is 14.8. The Labute approximate surface area is 127 Å². The highest BCUT2D eigenvalue weighted by Gasteiger charge is 2.34. The summed E-state index contributed by atoms with van der Waals surface area (Å²) in [6.07, 6.45) is 6.83. The fourth-order valence-corrected chi connectivity index (χ4v) is 3.74. The molecule has 1 aromatic carbocycles. The van der Waals surface area contributed by atoms with Crippen molar-refractivity contribution in [3.05, 3.63) is 29.8 Å². The minimum absolute atomic E-state index is 0.272. The monoisotopic (exact) mass is 287 g/mol. The SMILES string of the molecule is CCOc1ccc([C@H]2CCCN2C(=O)C2CCCC2)cc1. The van der Waals surface area contributed by atoms with E-state index in [1.165, 1.54) is 18.4 Å². The molecule has 1 amide bonds. The number of rotatable bonds is 4. The van der Waals surface area contributed by atoms with E-state index in [0.717, 1.165) is 38.0 Å². The van der Waals surface area contributed by atoms with Gasteiger partial charge in [-0.15, -0.1) is 0 Å². The fraction of sp³-hybridized carbons (Fsp3) is 0.611. The summed E-state index contributed by atoms with van der Waals surface area (Å²) in [6, 6.07) is 8.56. The lowest BCUT2D eigenvalue weighted by atomic mass is 10.0. The Morgan fingerprint density at radius 2 is 1.86 bits per heavy atom. The van der Waals surface area contributed by atoms with Gasteiger partial charge in [-0.3, -0.25) is 4.79 Å². The van der Waals surface area contributed by atoms with Gasteiger partial charge in [0.15, 0.2) is 0 Å². The summed E-state index contributed by atoms with van der Waals surface area (Å²) >= 11 is 0. The van der Waals surface area contributed by atoms with Crippen LogP contribution in [0.4, 0.5) is 0 Å². The molecule has 1 saturated heterocycles. The van der Waals surface area contributed by atoms with E-state index in [2.05, 4.69) is 17.0 Å². The Hall–Kier alpha value is -1.51. The molecule has 3 nitrogen and oxygen atoms in total. The summed E-state index contributed by atoms with van der Waals surface area (Å²) in [5.41, 5.74) is 1.25. The molecule has 1 aromatic rings. The van der Waals surface area contributed by atoms with Crippen LogP contribution < -0.4 is 4.74 Å². The van der Waals surface area contributed by atoms with Crippen LogP contribution in [0.3, 0.4) is 0 Å². The Morgan fingerprint density at radius 3 is 2.52 bits per heavy atom. The summed E-state index contributed by atoms with van der Waals surface area (Å²) in [5.74, 6) is 1.59. The second-order valence-corrected chi connectivity index (χ2v) is 6.17. The zero-order valence-corrected chi connectivity index (χ0v) is 12.9. The van der Waals surface area contributed by atoms with Crippen molar-refractivity contribution < 1.29 is 9.53 Å². The van der Waals surface area contributed by atoms with Crippen LogP contribution in [0.25, 0.3) is 0 Å². The van der Waals surface area contributed by atoms with Gasteiger partial charge in [-0.25, -0.2) is 0 Å². The topological polar surface area (TPSA) is 29.5 Å². The molecule has 3 heteroatoms. The normalized spacial score (nSPS) is 22.7. The predicted octanol–water partition coefficient (Wildman–Crippen LogP) is 3.94. The van der Waals surface area contributed by atoms with E-state index in [1.54, 1.807) is 0 Å². The molecule has 0 spiro atoms. The Bertz CT molecular complexity index is 476. The Kier molecular flexibility index (Phi) is 4.47. The van der Waals surface area contributed by atoms with Gasteiger partial charge in [0, 0.05) is 12.5 Å². The molecule has 1 aliphatic heterocycles. The zero-order chi connectivity index (χ0) is 14.7. The molecular formula is C18H25NO2. The molecule has 1 heterocycles. The zero-order valence-electron chi connectivity index (χ0n) is 12.9. The van der Waals surface area contributed by atoms with E-state index in [0.29, 0.717) is 12.5 Å². The maximum atomic E-state index is 12.7. The van der Waals surface area contributed by atoms with Crippen molar-refractivity contribution in [1.29, 1.82) is 0 Å². The van der Waals surface area contributed by atoms with Crippen LogP contribution in [0.15, 0.2) is 24.3 Å². The molecule has 3 rings (SSSR count). The van der Waals surface area contributed by atoms with Crippen molar-refractivity contribution >= 4 is 5.91 Å². The number of hydrogen-bond donors (Lipinski definition) is 0. The van der Waals surface area contributed by atoms with E-state index in [1.807, 2.05) is 19.1 Å². The third kappa shape index (κ3) is 3.07. The summed E-state index contributed by atoms with van der Waals surface area (Å²) in [6.45, 7) is 3.61. The molecule has 21 heavy (non-hydrogen) atoms. The van der Waals surface area contributed by atoms with Crippen molar-refractivity contribution in [2.45, 2.75) is 51.5 Å². The van der Waals surface area contributed by atoms with Gasteiger partial charge in [0.1, 0.15) is 5.75 Å². The first kappa shape index (κ1) is 14.4. The van der Waals surface area contributed by atoms with Crippen LogP contribution in [0.5, 0.6) is 5.75 Å². The first-order valence-electron chi connectivity index (χ1n) is 8.33. The standard InChI is InChI=1S/C18H25NO2/c1-2-21-16-11-9-14(10-12-16)17-8-5-13-19(17)18(20)15-6-3-4-7-15/h9-12,15,17H,2-8,13H2,1H3/t17-/m1/s1. The number of hydrogen-bond acceptors (Lipinski definition) is 2. The van der Waals surface area contributed by atoms with Crippen molar-refractivity contribution in [2.24, 2.45) is 5.92 Å². The molecule has 0 aromatic heterocycles. The lowest BCUT2D eigenvalue weighted by molar-refractivity contribution is -0.136. The van der Waals surface area contributed by atoms with Gasteiger partial charge in [-0.05, 0) is 50.3 Å². The van der Waals surface area contributed by atoms with Gasteiger partial charge < -0.3 is 9.64 Å². The van der Waals surface area contributed by atoms with Gasteiger partial charge in [-0.2, -0.15) is 0 Å². The minimum Gasteiger partial charge on any atom is -0.494 e. The van der Waals surface area contributed by atoms with E-state index < -0.39 is 0 Å². The number of benzene rings is 1. The summed E-state index contributed by atoms with van der Waals surface area (Å²) < 4.78 is 5.50. The highest BCUT2D eigenvalue weighted by Crippen LogP contribution is 2.36. The Morgan fingerprint density at radius 1 is 1.14 bits per heavy atom. The molecule has 0 N–H and O–H groups in total. The fourth-order valence-electron chi connectivity index (χ4n) is 3.74. The average Bonchev–Trinajstić information content (AvgIpc) is 3.19. The summed E-state index contributed by atoms with van der Waals surface area (Å²) in [7, 11) is 0. The molecule has 1 saturated carbocycles. The number of nitrogens with zero attached hydrogens (tertiary/aromatic N) is 1. The van der Waals surface area contributed by atoms with Gasteiger partial charge in [0.25, 0.3) is 0 Å². The molecule has 114 valence electrons. The number of amides is 1. The van der Waals surface area contributed by atoms with Gasteiger partial charge in [-0.1, -0.05) is 25.0 Å². The molecule has 1 atom stereocenters. The number of likely N-dealkylation sites (tertiary alicyclic amines) is 1. The van der Waals surface area contributed by atoms with E-state index in [9.17, 15) is 4.79 Å². The number of ether oxygens (including phenoxy) is 1. The maximum absolute atomic E-state index is 12.7. The first-order chi connectivity index (χ1) is 10.3. The van der Waals surface area contributed by atoms with Gasteiger partial charge >= 0.3 is 0 Å². The third-order valence-electron chi connectivity index (χ3n) is 4.82. The first-order valence-corrected chi connectivity index (χ1v) is 8.33. The quantitative estimate of drug-likeness (QED) is 0.839. The molecule has 0 unspecified atom stereocenters. The minimum atomic E-state index is 0.272. The lowest BCUT2D eigenvalue weighted by Gasteiger charge is -2.28. The van der Waals surface area contributed by atoms with Gasteiger partial charge in [0.2, 0.25) is 5.91 Å². The molecule has 0 bridgehead atoms. The second-order valence-electron chi connectivity index (χ2n) is 6.17. The van der Waals surface area contributed by atoms with E-state index in [-0.39, 0.29) is 12.0 Å². The number of carbonyl (C=O) groups excluding carboxylic acids is 1. The highest BCUT2D eigenvalue weighted by molar-refractivity contribution is 5.80. The third-order valence-corrected chi connectivity index (χ3v) is 4.82. The van der Waals surface area contributed by atoms with E-state index in [4.69, 9.17) is 4.74 Å². The smallest absolute Gasteiger partial charge is 0.226 e.